The number of carbonyl (C=O) groups excluding carboxylic acids is 1. The van der Waals surface area contributed by atoms with Crippen molar-refractivity contribution in [1.29, 1.82) is 0 Å². The maximum absolute atomic E-state index is 11.3. The van der Waals surface area contributed by atoms with Crippen molar-refractivity contribution in [2.45, 2.75) is 39.2 Å². The van der Waals surface area contributed by atoms with Crippen LogP contribution < -0.4 is 0 Å². The van der Waals surface area contributed by atoms with Crippen LogP contribution in [0.25, 0.3) is 0 Å². The molecule has 1 amide bonds. The van der Waals surface area contributed by atoms with E-state index in [0.29, 0.717) is 6.54 Å². The molecule has 14 heavy (non-hydrogen) atoms. The summed E-state index contributed by atoms with van der Waals surface area (Å²) >= 11 is 0. The van der Waals surface area contributed by atoms with E-state index in [1.807, 2.05) is 0 Å². The number of carboxylic acid groups (broad SMARTS) is 1. The Balaban J connectivity index is 2.72. The number of nitrogens with zero attached hydrogens (tertiary/aromatic N) is 1. The first-order chi connectivity index (χ1) is 6.54. The number of hydrogen-bond acceptors (Lipinski definition) is 2. The average molecular weight is 199 g/mol. The van der Waals surface area contributed by atoms with Gasteiger partial charge >= 0.3 is 5.97 Å². The highest BCUT2D eigenvalue weighted by Gasteiger charge is 2.32. The Hall–Kier alpha value is -1.06. The van der Waals surface area contributed by atoms with Gasteiger partial charge in [-0.3, -0.25) is 9.59 Å². The van der Waals surface area contributed by atoms with E-state index in [1.165, 1.54) is 6.92 Å². The van der Waals surface area contributed by atoms with Gasteiger partial charge in [0.2, 0.25) is 5.91 Å². The molecule has 0 aliphatic carbocycles. The van der Waals surface area contributed by atoms with Crippen molar-refractivity contribution in [3.8, 4) is 0 Å². The molecule has 1 fully saturated rings. The van der Waals surface area contributed by atoms with Gasteiger partial charge in [0.15, 0.2) is 0 Å². The molecule has 0 aromatic carbocycles. The number of carboxylic acids is 1. The fourth-order valence-electron chi connectivity index (χ4n) is 2.03. The fourth-order valence-corrected chi connectivity index (χ4v) is 2.03. The minimum Gasteiger partial charge on any atom is -0.481 e. The van der Waals surface area contributed by atoms with Crippen LogP contribution in [0.4, 0.5) is 0 Å². The molecule has 1 rings (SSSR count). The standard InChI is InChI=1S/C10H17NO3/c1-7(10(13)14)9-5-3-4-6-11(9)8(2)12/h7,9H,3-6H2,1-2H3,(H,13,14). The van der Waals surface area contributed by atoms with Gasteiger partial charge in [-0.25, -0.2) is 0 Å². The number of amides is 1. The highest BCUT2D eigenvalue weighted by Crippen LogP contribution is 2.23. The molecular formula is C10H17NO3. The largest absolute Gasteiger partial charge is 0.481 e. The third kappa shape index (κ3) is 2.25. The molecule has 2 unspecified atom stereocenters. The van der Waals surface area contributed by atoms with Crippen LogP contribution in [0.5, 0.6) is 0 Å². The lowest BCUT2D eigenvalue weighted by Crippen LogP contribution is -2.47. The number of carbonyl (C=O) groups is 2. The number of aliphatic carboxylic acids is 1. The van der Waals surface area contributed by atoms with Gasteiger partial charge in [0.25, 0.3) is 0 Å². The lowest BCUT2D eigenvalue weighted by atomic mass is 9.91. The Kier molecular flexibility index (Phi) is 3.49. The Morgan fingerprint density at radius 1 is 1.43 bits per heavy atom. The van der Waals surface area contributed by atoms with Crippen LogP contribution in [-0.4, -0.2) is 34.5 Å². The molecule has 0 aromatic rings. The molecule has 0 radical (unpaired) electrons. The zero-order valence-corrected chi connectivity index (χ0v) is 8.69. The van der Waals surface area contributed by atoms with Crippen molar-refractivity contribution in [3.05, 3.63) is 0 Å². The molecule has 1 aliphatic heterocycles. The molecule has 4 nitrogen and oxygen atoms in total. The van der Waals surface area contributed by atoms with E-state index in [1.54, 1.807) is 11.8 Å². The molecule has 1 N–H and O–H groups in total. The van der Waals surface area contributed by atoms with Crippen LogP contribution in [0, 0.1) is 5.92 Å². The van der Waals surface area contributed by atoms with E-state index < -0.39 is 11.9 Å². The van der Waals surface area contributed by atoms with Crippen molar-refractivity contribution in [3.63, 3.8) is 0 Å². The average Bonchev–Trinajstić information content (AvgIpc) is 2.16. The maximum Gasteiger partial charge on any atom is 0.308 e. The summed E-state index contributed by atoms with van der Waals surface area (Å²) < 4.78 is 0. The van der Waals surface area contributed by atoms with Crippen LogP contribution in [0.1, 0.15) is 33.1 Å². The van der Waals surface area contributed by atoms with Gasteiger partial charge < -0.3 is 10.0 Å². The second-order valence-electron chi connectivity index (χ2n) is 3.90. The third-order valence-corrected chi connectivity index (χ3v) is 2.92. The van der Waals surface area contributed by atoms with Crippen LogP contribution >= 0.6 is 0 Å². The number of hydrogen-bond donors (Lipinski definition) is 1. The van der Waals surface area contributed by atoms with E-state index in [0.717, 1.165) is 19.3 Å². The summed E-state index contributed by atoms with van der Waals surface area (Å²) in [6.07, 6.45) is 2.82. The molecule has 2 atom stereocenters. The lowest BCUT2D eigenvalue weighted by molar-refractivity contribution is -0.146. The van der Waals surface area contributed by atoms with Crippen LogP contribution in [0.3, 0.4) is 0 Å². The molecule has 0 saturated carbocycles. The van der Waals surface area contributed by atoms with Gasteiger partial charge in [-0.15, -0.1) is 0 Å². The van der Waals surface area contributed by atoms with E-state index in [9.17, 15) is 9.59 Å². The SMILES string of the molecule is CC(=O)N1CCCCC1C(C)C(=O)O. The normalized spacial score (nSPS) is 24.4. The minimum atomic E-state index is -0.817. The monoisotopic (exact) mass is 199 g/mol. The van der Waals surface area contributed by atoms with E-state index in [-0.39, 0.29) is 11.9 Å². The van der Waals surface area contributed by atoms with Crippen molar-refractivity contribution >= 4 is 11.9 Å². The van der Waals surface area contributed by atoms with E-state index >= 15 is 0 Å². The highest BCUT2D eigenvalue weighted by atomic mass is 16.4. The van der Waals surface area contributed by atoms with Gasteiger partial charge in [0, 0.05) is 19.5 Å². The number of likely N-dealkylation sites (tertiary alicyclic amines) is 1. The zero-order valence-electron chi connectivity index (χ0n) is 8.69. The first-order valence-electron chi connectivity index (χ1n) is 5.04. The zero-order chi connectivity index (χ0) is 10.7. The van der Waals surface area contributed by atoms with Crippen molar-refractivity contribution in [2.75, 3.05) is 6.54 Å². The maximum atomic E-state index is 11.3. The second kappa shape index (κ2) is 4.44. The number of rotatable bonds is 2. The third-order valence-electron chi connectivity index (χ3n) is 2.92. The molecule has 1 heterocycles. The van der Waals surface area contributed by atoms with Gasteiger partial charge in [-0.05, 0) is 26.2 Å². The molecule has 1 aliphatic rings. The van der Waals surface area contributed by atoms with Crippen molar-refractivity contribution in [1.82, 2.24) is 4.90 Å². The number of piperidine rings is 1. The van der Waals surface area contributed by atoms with Crippen LogP contribution in [-0.2, 0) is 9.59 Å². The summed E-state index contributed by atoms with van der Waals surface area (Å²) in [5.41, 5.74) is 0. The molecule has 1 saturated heterocycles. The summed E-state index contributed by atoms with van der Waals surface area (Å²) in [6, 6.07) is -0.112. The Labute approximate surface area is 83.9 Å². The second-order valence-corrected chi connectivity index (χ2v) is 3.90. The first kappa shape index (κ1) is 11.0. The molecule has 4 heteroatoms. The topological polar surface area (TPSA) is 57.6 Å². The van der Waals surface area contributed by atoms with Crippen LogP contribution in [0.2, 0.25) is 0 Å². The van der Waals surface area contributed by atoms with Crippen molar-refractivity contribution in [2.24, 2.45) is 5.92 Å². The lowest BCUT2D eigenvalue weighted by Gasteiger charge is -2.37. The van der Waals surface area contributed by atoms with Gasteiger partial charge in [0.05, 0.1) is 5.92 Å². The summed E-state index contributed by atoms with van der Waals surface area (Å²) in [5.74, 6) is -1.29. The molecule has 80 valence electrons. The van der Waals surface area contributed by atoms with E-state index in [4.69, 9.17) is 5.11 Å². The minimum absolute atomic E-state index is 0.0113. The summed E-state index contributed by atoms with van der Waals surface area (Å²) in [7, 11) is 0. The van der Waals surface area contributed by atoms with Gasteiger partial charge in [0.1, 0.15) is 0 Å². The van der Waals surface area contributed by atoms with Crippen LogP contribution in [0.15, 0.2) is 0 Å². The Morgan fingerprint density at radius 3 is 2.57 bits per heavy atom. The molecule has 0 aromatic heterocycles. The molecule has 0 bridgehead atoms. The Bertz CT molecular complexity index is 240. The van der Waals surface area contributed by atoms with E-state index in [2.05, 4.69) is 0 Å². The summed E-state index contributed by atoms with van der Waals surface area (Å²) in [6.45, 7) is 3.89. The predicted molar refractivity (Wildman–Crippen MR) is 51.8 cm³/mol. The molecule has 0 spiro atoms. The fraction of sp³-hybridized carbons (Fsp3) is 0.800. The van der Waals surface area contributed by atoms with Gasteiger partial charge in [-0.2, -0.15) is 0 Å². The van der Waals surface area contributed by atoms with Crippen molar-refractivity contribution < 1.29 is 14.7 Å². The quantitative estimate of drug-likeness (QED) is 0.724. The summed E-state index contributed by atoms with van der Waals surface area (Å²) in [4.78, 5) is 23.8. The Morgan fingerprint density at radius 2 is 2.07 bits per heavy atom. The smallest absolute Gasteiger partial charge is 0.308 e. The molecular weight excluding hydrogens is 182 g/mol. The predicted octanol–water partition coefficient (Wildman–Crippen LogP) is 1.11. The first-order valence-corrected chi connectivity index (χ1v) is 5.04. The summed E-state index contributed by atoms with van der Waals surface area (Å²) in [5, 5.41) is 8.90. The van der Waals surface area contributed by atoms with Gasteiger partial charge in [-0.1, -0.05) is 0 Å². The highest BCUT2D eigenvalue weighted by molar-refractivity contribution is 5.76.